The van der Waals surface area contributed by atoms with Crippen molar-refractivity contribution >= 4 is 13.9 Å². The van der Waals surface area contributed by atoms with E-state index in [4.69, 9.17) is 14.0 Å². The van der Waals surface area contributed by atoms with Crippen LogP contribution in [0, 0.1) is 17.3 Å². The van der Waals surface area contributed by atoms with Crippen LogP contribution in [0.2, 0.25) is 0 Å². The molecule has 2 atom stereocenters. The number of nitrogens with one attached hydrogen (secondary N) is 1. The molecule has 0 unspecified atom stereocenters. The highest BCUT2D eigenvalue weighted by atomic mass is 31.2. The van der Waals surface area contributed by atoms with E-state index in [2.05, 4.69) is 26.1 Å². The molecule has 1 fully saturated rings. The fourth-order valence-corrected chi connectivity index (χ4v) is 7.71. The number of hydrogen-bond donors (Lipinski definition) is 3. The smallest absolute Gasteiger partial charge is 0.469 e. The molecule has 0 aromatic heterocycles. The highest BCUT2D eigenvalue weighted by Gasteiger charge is 2.44. The Morgan fingerprint density at radius 3 is 2.10 bits per heavy atom. The Hall–Kier alpha value is -2.59. The highest BCUT2D eigenvalue weighted by Crippen LogP contribution is 2.47. The molecule has 8 nitrogen and oxygen atoms in total. The molecule has 12 heteroatoms. The normalized spacial score (nSPS) is 21.8. The minimum absolute atomic E-state index is 0.104. The lowest BCUT2D eigenvalue weighted by atomic mass is 9.70. The molecular formula is C37H53F3NO7P. The van der Waals surface area contributed by atoms with Crippen molar-refractivity contribution in [2.24, 2.45) is 17.3 Å². The third kappa shape index (κ3) is 10.9. The monoisotopic (exact) mass is 711 g/mol. The fourth-order valence-electron chi connectivity index (χ4n) is 7.41. The van der Waals surface area contributed by atoms with Crippen molar-refractivity contribution in [3.63, 3.8) is 0 Å². The number of hydrogen-bond acceptors (Lipinski definition) is 5. The summed E-state index contributed by atoms with van der Waals surface area (Å²) in [5, 5.41) is 3.06. The van der Waals surface area contributed by atoms with Crippen LogP contribution < -0.4 is 10.1 Å². The first-order valence-electron chi connectivity index (χ1n) is 17.2. The molecular weight excluding hydrogens is 658 g/mol. The van der Waals surface area contributed by atoms with Crippen molar-refractivity contribution in [2.45, 2.75) is 136 Å². The minimum Gasteiger partial charge on any atom is -0.490 e. The zero-order valence-corrected chi connectivity index (χ0v) is 30.7. The standard InChI is InChI=1S/C37H53F3NO7P/c1-34(2,3)27-13-16-29(17-14-27)47-31-19-12-25-22-28(15-18-30(25)32(31)37(38,39)40)36(7,41-33(42)48-35(4,5)6)21-20-24-10-8-9-11-26(24)23-46-49(43,44)45/h8-12,19,27-29H,13-18,20-23H2,1-7H3,(H,41,42)(H2,43,44,45)/t27?,28-,29?,36+/m0/s1. The van der Waals surface area contributed by atoms with E-state index in [-0.39, 0.29) is 41.8 Å². The predicted molar refractivity (Wildman–Crippen MR) is 182 cm³/mol. The summed E-state index contributed by atoms with van der Waals surface area (Å²) in [6.45, 7) is 13.5. The molecule has 0 radical (unpaired) electrons. The number of alkyl halides is 3. The third-order valence-electron chi connectivity index (χ3n) is 10.2. The van der Waals surface area contributed by atoms with Crippen molar-refractivity contribution in [1.82, 2.24) is 5.32 Å². The van der Waals surface area contributed by atoms with Crippen LogP contribution in [0.25, 0.3) is 0 Å². The molecule has 49 heavy (non-hydrogen) atoms. The highest BCUT2D eigenvalue weighted by molar-refractivity contribution is 7.46. The molecule has 2 aliphatic carbocycles. The molecule has 274 valence electrons. The van der Waals surface area contributed by atoms with E-state index < -0.39 is 36.8 Å². The average Bonchev–Trinajstić information content (AvgIpc) is 2.97. The number of phosphoric acid groups is 1. The van der Waals surface area contributed by atoms with Gasteiger partial charge < -0.3 is 24.6 Å². The molecule has 0 spiro atoms. The number of benzene rings is 2. The van der Waals surface area contributed by atoms with Gasteiger partial charge >= 0.3 is 20.1 Å². The lowest BCUT2D eigenvalue weighted by Crippen LogP contribution is -2.54. The predicted octanol–water partition coefficient (Wildman–Crippen LogP) is 9.32. The average molecular weight is 712 g/mol. The molecule has 0 aliphatic heterocycles. The van der Waals surface area contributed by atoms with E-state index in [0.717, 1.165) is 31.2 Å². The molecule has 3 N–H and O–H groups in total. The van der Waals surface area contributed by atoms with Gasteiger partial charge in [-0.1, -0.05) is 51.1 Å². The number of amides is 1. The summed E-state index contributed by atoms with van der Waals surface area (Å²) >= 11 is 0. The first-order valence-corrected chi connectivity index (χ1v) is 18.7. The van der Waals surface area contributed by atoms with E-state index >= 15 is 0 Å². The summed E-state index contributed by atoms with van der Waals surface area (Å²) in [5.41, 5.74) is 0.0137. The third-order valence-corrected chi connectivity index (χ3v) is 10.6. The van der Waals surface area contributed by atoms with Gasteiger partial charge in [0.1, 0.15) is 16.9 Å². The summed E-state index contributed by atoms with van der Waals surface area (Å²) in [7, 11) is -4.70. The molecule has 0 bridgehead atoms. The van der Waals surface area contributed by atoms with Gasteiger partial charge in [0.05, 0.1) is 12.7 Å². The Bertz CT molecular complexity index is 1500. The number of rotatable bonds is 10. The van der Waals surface area contributed by atoms with Gasteiger partial charge in [-0.2, -0.15) is 13.2 Å². The van der Waals surface area contributed by atoms with E-state index in [0.29, 0.717) is 42.7 Å². The van der Waals surface area contributed by atoms with Crippen molar-refractivity contribution in [1.29, 1.82) is 0 Å². The van der Waals surface area contributed by atoms with Crippen LogP contribution in [0.3, 0.4) is 0 Å². The summed E-state index contributed by atoms with van der Waals surface area (Å²) < 4.78 is 72.1. The Kier molecular flexibility index (Phi) is 12.0. The summed E-state index contributed by atoms with van der Waals surface area (Å²) in [6.07, 6.45) is -0.504. The quantitative estimate of drug-likeness (QED) is 0.211. The van der Waals surface area contributed by atoms with Crippen molar-refractivity contribution < 1.29 is 46.3 Å². The van der Waals surface area contributed by atoms with Gasteiger partial charge in [0.15, 0.2) is 0 Å². The number of carbonyl (C=O) groups excluding carboxylic acids is 1. The van der Waals surface area contributed by atoms with Crippen molar-refractivity contribution in [2.75, 3.05) is 0 Å². The Morgan fingerprint density at radius 2 is 1.53 bits per heavy atom. The molecule has 0 heterocycles. The molecule has 2 aromatic carbocycles. The van der Waals surface area contributed by atoms with E-state index in [1.54, 1.807) is 45.0 Å². The molecule has 1 saturated carbocycles. The van der Waals surface area contributed by atoms with E-state index in [1.807, 2.05) is 13.0 Å². The zero-order valence-electron chi connectivity index (χ0n) is 29.8. The maximum Gasteiger partial charge on any atom is 0.469 e. The maximum atomic E-state index is 14.7. The number of phosphoric ester groups is 1. The summed E-state index contributed by atoms with van der Waals surface area (Å²) in [6, 6.07) is 10.3. The minimum atomic E-state index is -4.70. The SMILES string of the molecule is CC(C)(C)OC(=O)N[C@](C)(CCc1ccccc1COP(=O)(O)O)[C@H]1CCc2c(ccc(OC3CCC(C(C)(C)C)CC3)c2C(F)(F)F)C1. The van der Waals surface area contributed by atoms with Crippen molar-refractivity contribution in [3.8, 4) is 5.75 Å². The maximum absolute atomic E-state index is 14.7. The van der Waals surface area contributed by atoms with Gasteiger partial charge in [-0.3, -0.25) is 4.52 Å². The number of fused-ring (bicyclic) bond motifs is 1. The lowest BCUT2D eigenvalue weighted by molar-refractivity contribution is -0.140. The number of ether oxygens (including phenoxy) is 2. The van der Waals surface area contributed by atoms with Crippen LogP contribution >= 0.6 is 7.82 Å². The van der Waals surface area contributed by atoms with Gasteiger partial charge in [-0.25, -0.2) is 9.36 Å². The zero-order chi connectivity index (χ0) is 36.4. The molecule has 4 rings (SSSR count). The second kappa shape index (κ2) is 14.9. The van der Waals surface area contributed by atoms with Crippen LogP contribution in [-0.2, 0) is 45.9 Å². The first-order chi connectivity index (χ1) is 22.5. The van der Waals surface area contributed by atoms with E-state index in [1.165, 1.54) is 6.07 Å². The number of aryl methyl sites for hydroxylation is 1. The largest absolute Gasteiger partial charge is 0.490 e. The Labute approximate surface area is 288 Å². The summed E-state index contributed by atoms with van der Waals surface area (Å²) in [4.78, 5) is 31.6. The van der Waals surface area contributed by atoms with Gasteiger partial charge in [0.2, 0.25) is 0 Å². The summed E-state index contributed by atoms with van der Waals surface area (Å²) in [5.74, 6) is 0.180. The number of carbonyl (C=O) groups is 1. The van der Waals surface area contributed by atoms with Crippen LogP contribution in [0.15, 0.2) is 36.4 Å². The second-order valence-electron chi connectivity index (χ2n) is 16.0. The van der Waals surface area contributed by atoms with Crippen LogP contribution in [0.1, 0.15) is 115 Å². The van der Waals surface area contributed by atoms with Gasteiger partial charge in [-0.05, 0) is 131 Å². The van der Waals surface area contributed by atoms with Crippen LogP contribution in [0.5, 0.6) is 5.75 Å². The Morgan fingerprint density at radius 1 is 0.898 bits per heavy atom. The molecule has 2 aromatic rings. The molecule has 2 aliphatic rings. The molecule has 0 saturated heterocycles. The molecule has 1 amide bonds. The van der Waals surface area contributed by atoms with Gasteiger partial charge in [0, 0.05) is 5.54 Å². The van der Waals surface area contributed by atoms with Gasteiger partial charge in [0.25, 0.3) is 0 Å². The van der Waals surface area contributed by atoms with Crippen molar-refractivity contribution in [3.05, 3.63) is 64.2 Å². The van der Waals surface area contributed by atoms with Crippen LogP contribution in [0.4, 0.5) is 18.0 Å². The Balaban J connectivity index is 1.59. The second-order valence-corrected chi connectivity index (χ2v) is 17.3. The number of alkyl carbamates (subject to hydrolysis) is 1. The van der Waals surface area contributed by atoms with Crippen LogP contribution in [-0.4, -0.2) is 33.1 Å². The van der Waals surface area contributed by atoms with Gasteiger partial charge in [-0.15, -0.1) is 0 Å². The number of halogens is 3. The lowest BCUT2D eigenvalue weighted by Gasteiger charge is -2.42. The fraction of sp³-hybridized carbons (Fsp3) is 0.649. The topological polar surface area (TPSA) is 114 Å². The first kappa shape index (κ1) is 39.2. The van der Waals surface area contributed by atoms with E-state index in [9.17, 15) is 32.3 Å².